The number of thioether (sulfide) groups is 1. The topological polar surface area (TPSA) is 66.4 Å². The fraction of sp³-hybridized carbons (Fsp3) is 0.529. The molecule has 0 heterocycles. The zero-order valence-corrected chi connectivity index (χ0v) is 14.3. The number of amides is 1. The second kappa shape index (κ2) is 8.83. The summed E-state index contributed by atoms with van der Waals surface area (Å²) in [5, 5.41) is 11.8. The molecule has 0 bridgehead atoms. The average Bonchev–Trinajstić information content (AvgIpc) is 2.43. The van der Waals surface area contributed by atoms with Crippen molar-refractivity contribution in [2.75, 3.05) is 5.75 Å². The molecule has 1 rings (SSSR count). The smallest absolute Gasteiger partial charge is 0.303 e. The first kappa shape index (κ1) is 18.6. The molecule has 0 aliphatic carbocycles. The van der Waals surface area contributed by atoms with Gasteiger partial charge in [0, 0.05) is 17.2 Å². The molecule has 0 saturated carbocycles. The van der Waals surface area contributed by atoms with E-state index in [0.29, 0.717) is 18.6 Å². The molecule has 122 valence electrons. The van der Waals surface area contributed by atoms with Crippen LogP contribution >= 0.6 is 11.8 Å². The molecule has 0 saturated heterocycles. The Kier molecular flexibility index (Phi) is 7.45. The van der Waals surface area contributed by atoms with Gasteiger partial charge in [-0.1, -0.05) is 51.1 Å². The predicted molar refractivity (Wildman–Crippen MR) is 91.2 cm³/mol. The lowest BCUT2D eigenvalue weighted by molar-refractivity contribution is -0.137. The van der Waals surface area contributed by atoms with Gasteiger partial charge in [0.15, 0.2) is 0 Å². The monoisotopic (exact) mass is 323 g/mol. The summed E-state index contributed by atoms with van der Waals surface area (Å²) >= 11 is 1.59. The normalized spacial score (nSPS) is 12.7. The van der Waals surface area contributed by atoms with Crippen molar-refractivity contribution in [3.8, 4) is 0 Å². The molecule has 1 aromatic carbocycles. The van der Waals surface area contributed by atoms with Crippen LogP contribution in [0.5, 0.6) is 0 Å². The number of rotatable bonds is 8. The van der Waals surface area contributed by atoms with Crippen molar-refractivity contribution >= 4 is 23.6 Å². The second-order valence-corrected chi connectivity index (χ2v) is 8.09. The standard InChI is InChI=1S/C17H25NO3S/c1-17(2,3)22-12-15(19)18-14(9-10-16(20)21)11-13-7-5-4-6-8-13/h4-8,14H,9-12H2,1-3H3,(H,18,19)(H,20,21). The lowest BCUT2D eigenvalue weighted by Crippen LogP contribution is -2.38. The molecule has 0 aliphatic rings. The summed E-state index contributed by atoms with van der Waals surface area (Å²) in [6.45, 7) is 6.20. The minimum atomic E-state index is -0.837. The maximum Gasteiger partial charge on any atom is 0.303 e. The molecule has 0 aliphatic heterocycles. The number of hydrogen-bond donors (Lipinski definition) is 2. The molecule has 5 heteroatoms. The van der Waals surface area contributed by atoms with E-state index < -0.39 is 5.97 Å². The zero-order chi connectivity index (χ0) is 16.6. The Labute approximate surface area is 136 Å². The number of carbonyl (C=O) groups excluding carboxylic acids is 1. The number of carboxylic acid groups (broad SMARTS) is 1. The van der Waals surface area contributed by atoms with E-state index in [2.05, 4.69) is 26.1 Å². The Hall–Kier alpha value is -1.49. The van der Waals surface area contributed by atoms with Crippen molar-refractivity contribution < 1.29 is 14.7 Å². The molecule has 4 nitrogen and oxygen atoms in total. The van der Waals surface area contributed by atoms with Gasteiger partial charge in [-0.25, -0.2) is 0 Å². The van der Waals surface area contributed by atoms with Gasteiger partial charge in [-0.2, -0.15) is 0 Å². The molecule has 0 fully saturated rings. The highest BCUT2D eigenvalue weighted by Gasteiger charge is 2.17. The summed E-state index contributed by atoms with van der Waals surface area (Å²) in [6.07, 6.45) is 1.15. The summed E-state index contributed by atoms with van der Waals surface area (Å²) in [6, 6.07) is 9.66. The fourth-order valence-corrected chi connectivity index (χ4v) is 2.62. The number of carbonyl (C=O) groups is 2. The fourth-order valence-electron chi connectivity index (χ4n) is 1.97. The number of benzene rings is 1. The highest BCUT2D eigenvalue weighted by molar-refractivity contribution is 8.01. The van der Waals surface area contributed by atoms with Gasteiger partial charge in [-0.3, -0.25) is 9.59 Å². The van der Waals surface area contributed by atoms with E-state index in [-0.39, 0.29) is 23.1 Å². The van der Waals surface area contributed by atoms with E-state index in [1.165, 1.54) is 0 Å². The second-order valence-electron chi connectivity index (χ2n) is 6.29. The first-order valence-corrected chi connectivity index (χ1v) is 8.44. The quantitative estimate of drug-likeness (QED) is 0.771. The van der Waals surface area contributed by atoms with Crippen LogP contribution in [0.1, 0.15) is 39.2 Å². The van der Waals surface area contributed by atoms with Crippen molar-refractivity contribution in [3.63, 3.8) is 0 Å². The number of aliphatic carboxylic acids is 1. The van der Waals surface area contributed by atoms with Gasteiger partial charge in [-0.15, -0.1) is 11.8 Å². The Morgan fingerprint density at radius 2 is 1.86 bits per heavy atom. The van der Waals surface area contributed by atoms with Crippen LogP contribution in [0.15, 0.2) is 30.3 Å². The van der Waals surface area contributed by atoms with Gasteiger partial charge in [0.2, 0.25) is 5.91 Å². The van der Waals surface area contributed by atoms with E-state index in [1.54, 1.807) is 11.8 Å². The predicted octanol–water partition coefficient (Wildman–Crippen LogP) is 3.11. The number of carboxylic acids is 1. The molecule has 22 heavy (non-hydrogen) atoms. The zero-order valence-electron chi connectivity index (χ0n) is 13.5. The van der Waals surface area contributed by atoms with Crippen molar-refractivity contribution in [1.82, 2.24) is 5.32 Å². The summed E-state index contributed by atoms with van der Waals surface area (Å²) in [5.41, 5.74) is 1.10. The Balaban J connectivity index is 2.57. The van der Waals surface area contributed by atoms with Gasteiger partial charge in [0.25, 0.3) is 0 Å². The summed E-state index contributed by atoms with van der Waals surface area (Å²) in [4.78, 5) is 22.8. The molecular formula is C17H25NO3S. The summed E-state index contributed by atoms with van der Waals surface area (Å²) < 4.78 is 0.0351. The maximum atomic E-state index is 12.1. The van der Waals surface area contributed by atoms with Crippen molar-refractivity contribution in [2.45, 2.75) is 50.8 Å². The third-order valence-corrected chi connectivity index (χ3v) is 4.31. The van der Waals surface area contributed by atoms with Gasteiger partial charge in [-0.05, 0) is 18.4 Å². The minimum Gasteiger partial charge on any atom is -0.481 e. The molecule has 0 spiro atoms. The Morgan fingerprint density at radius 1 is 1.23 bits per heavy atom. The molecule has 1 amide bonds. The van der Waals surface area contributed by atoms with E-state index >= 15 is 0 Å². The SMILES string of the molecule is CC(C)(C)SCC(=O)NC(CCC(=O)O)Cc1ccccc1. The van der Waals surface area contributed by atoms with Gasteiger partial charge < -0.3 is 10.4 Å². The van der Waals surface area contributed by atoms with Crippen molar-refractivity contribution in [1.29, 1.82) is 0 Å². The first-order valence-electron chi connectivity index (χ1n) is 7.45. The van der Waals surface area contributed by atoms with Gasteiger partial charge in [0.1, 0.15) is 0 Å². The van der Waals surface area contributed by atoms with Crippen LogP contribution in [0.25, 0.3) is 0 Å². The molecule has 1 atom stereocenters. The Morgan fingerprint density at radius 3 is 2.41 bits per heavy atom. The van der Waals surface area contributed by atoms with Crippen LogP contribution in [0.4, 0.5) is 0 Å². The van der Waals surface area contributed by atoms with Crippen LogP contribution < -0.4 is 5.32 Å². The lowest BCUT2D eigenvalue weighted by atomic mass is 10.0. The van der Waals surface area contributed by atoms with Crippen LogP contribution in [0.2, 0.25) is 0 Å². The highest BCUT2D eigenvalue weighted by Crippen LogP contribution is 2.22. The van der Waals surface area contributed by atoms with E-state index in [1.807, 2.05) is 30.3 Å². The molecule has 0 aromatic heterocycles. The van der Waals surface area contributed by atoms with Crippen LogP contribution in [-0.2, 0) is 16.0 Å². The minimum absolute atomic E-state index is 0.0351. The van der Waals surface area contributed by atoms with Crippen LogP contribution in [0, 0.1) is 0 Å². The van der Waals surface area contributed by atoms with Crippen LogP contribution in [0.3, 0.4) is 0 Å². The highest BCUT2D eigenvalue weighted by atomic mass is 32.2. The lowest BCUT2D eigenvalue weighted by Gasteiger charge is -2.21. The first-order chi connectivity index (χ1) is 10.3. The third kappa shape index (κ3) is 8.72. The van der Waals surface area contributed by atoms with Crippen LogP contribution in [-0.4, -0.2) is 33.5 Å². The summed E-state index contributed by atoms with van der Waals surface area (Å²) in [5.74, 6) is -0.482. The Bertz CT molecular complexity index is 482. The van der Waals surface area contributed by atoms with Crippen molar-refractivity contribution in [2.24, 2.45) is 0 Å². The maximum absolute atomic E-state index is 12.1. The third-order valence-electron chi connectivity index (χ3n) is 3.03. The van der Waals surface area contributed by atoms with E-state index in [4.69, 9.17) is 5.11 Å². The molecule has 1 aromatic rings. The van der Waals surface area contributed by atoms with E-state index in [0.717, 1.165) is 5.56 Å². The molecule has 0 radical (unpaired) electrons. The molecule has 2 N–H and O–H groups in total. The van der Waals surface area contributed by atoms with Crippen molar-refractivity contribution in [3.05, 3.63) is 35.9 Å². The van der Waals surface area contributed by atoms with Gasteiger partial charge >= 0.3 is 5.97 Å². The molecule has 1 unspecified atom stereocenters. The average molecular weight is 323 g/mol. The number of hydrogen-bond acceptors (Lipinski definition) is 3. The largest absolute Gasteiger partial charge is 0.481 e. The molecular weight excluding hydrogens is 298 g/mol. The van der Waals surface area contributed by atoms with E-state index in [9.17, 15) is 9.59 Å². The summed E-state index contributed by atoms with van der Waals surface area (Å²) in [7, 11) is 0. The van der Waals surface area contributed by atoms with Gasteiger partial charge in [0.05, 0.1) is 5.75 Å². The number of nitrogens with one attached hydrogen (secondary N) is 1.